The van der Waals surface area contributed by atoms with Crippen molar-refractivity contribution in [3.63, 3.8) is 0 Å². The van der Waals surface area contributed by atoms with Crippen LogP contribution in [0, 0.1) is 0 Å². The fourth-order valence-corrected chi connectivity index (χ4v) is 5.71. The van der Waals surface area contributed by atoms with E-state index in [1.165, 1.54) is 4.31 Å². The molecule has 1 aliphatic heterocycles. The van der Waals surface area contributed by atoms with E-state index in [-0.39, 0.29) is 22.9 Å². The van der Waals surface area contributed by atoms with E-state index in [9.17, 15) is 18.3 Å². The number of piperazine rings is 1. The number of pyridine rings is 1. The van der Waals surface area contributed by atoms with Gasteiger partial charge >= 0.3 is 5.56 Å². The van der Waals surface area contributed by atoms with E-state index in [0.717, 1.165) is 10.9 Å². The van der Waals surface area contributed by atoms with E-state index in [0.29, 0.717) is 43.9 Å². The molecule has 1 fully saturated rings. The number of benzene rings is 1. The zero-order chi connectivity index (χ0) is 22.9. The fraction of sp³-hybridized carbons (Fsp3) is 0.364. The molecule has 0 spiro atoms. The third kappa shape index (κ3) is 4.32. The first-order valence-corrected chi connectivity index (χ1v) is 12.8. The van der Waals surface area contributed by atoms with Crippen molar-refractivity contribution in [1.29, 1.82) is 0 Å². The highest BCUT2D eigenvalue weighted by Gasteiger charge is 2.31. The number of sulfonamides is 1. The van der Waals surface area contributed by atoms with Gasteiger partial charge in [-0.15, -0.1) is 0 Å². The molecule has 10 heteroatoms. The highest BCUT2D eigenvalue weighted by Crippen LogP contribution is 2.21. The minimum Gasteiger partial charge on any atom is -0.477 e. The van der Waals surface area contributed by atoms with Crippen LogP contribution >= 0.6 is 15.9 Å². The molecule has 0 amide bonds. The monoisotopic (exact) mass is 521 g/mol. The van der Waals surface area contributed by atoms with E-state index in [1.54, 1.807) is 45.5 Å². The summed E-state index contributed by atoms with van der Waals surface area (Å²) in [5, 5.41) is 10.9. The molecule has 170 valence electrons. The summed E-state index contributed by atoms with van der Waals surface area (Å²) in [6, 6.07) is 12.0. The number of nitrogens with zero attached hydrogens (tertiary/aromatic N) is 4. The second-order valence-electron chi connectivity index (χ2n) is 7.82. The van der Waals surface area contributed by atoms with Gasteiger partial charge in [0, 0.05) is 43.3 Å². The number of aryl methyl sites for hydroxylation is 1. The van der Waals surface area contributed by atoms with Crippen molar-refractivity contribution in [2.24, 2.45) is 0 Å². The first-order valence-electron chi connectivity index (χ1n) is 10.6. The summed E-state index contributed by atoms with van der Waals surface area (Å²) in [7, 11) is -3.57. The molecule has 3 heterocycles. The Morgan fingerprint density at radius 1 is 1.06 bits per heavy atom. The third-order valence-corrected chi connectivity index (χ3v) is 8.17. The Hall–Kier alpha value is -2.27. The Labute approximate surface area is 195 Å². The highest BCUT2D eigenvalue weighted by molar-refractivity contribution is 9.10. The first kappa shape index (κ1) is 22.9. The Bertz CT molecular complexity index is 1280. The van der Waals surface area contributed by atoms with Gasteiger partial charge in [0.05, 0.1) is 17.6 Å². The van der Waals surface area contributed by atoms with Gasteiger partial charge in [0.15, 0.2) is 0 Å². The van der Waals surface area contributed by atoms with E-state index in [4.69, 9.17) is 0 Å². The second-order valence-corrected chi connectivity index (χ2v) is 10.7. The molecule has 0 unspecified atom stereocenters. The molecule has 0 atom stereocenters. The van der Waals surface area contributed by atoms with Crippen LogP contribution in [-0.2, 0) is 23.1 Å². The topological polar surface area (TPSA) is 86.2 Å². The van der Waals surface area contributed by atoms with Crippen LogP contribution in [0.3, 0.4) is 0 Å². The fourth-order valence-electron chi connectivity index (χ4n) is 4.03. The lowest BCUT2D eigenvalue weighted by molar-refractivity contribution is -0.681. The average molecular weight is 522 g/mol. The number of rotatable bonds is 6. The summed E-state index contributed by atoms with van der Waals surface area (Å²) in [6.45, 7) is 4.46. The largest absolute Gasteiger partial charge is 0.477 e. The molecule has 4 rings (SSSR count). The van der Waals surface area contributed by atoms with Crippen molar-refractivity contribution in [3.05, 3.63) is 69.1 Å². The van der Waals surface area contributed by atoms with Crippen LogP contribution in [0.25, 0.3) is 5.65 Å². The normalized spacial score (nSPS) is 15.9. The standard InChI is InChI=1S/C22H25BrN4O4S/c1-2-10-26-20-5-3-4-11-27(20)22(29)19(21(26)28)16-24-12-14-25(15-13-24)32(30,31)18-8-6-17(23)7-9-18/h3-9,11H,2,10,12-16H2,1H3/p+1. The molecule has 0 aliphatic carbocycles. The summed E-state index contributed by atoms with van der Waals surface area (Å²) >= 11 is 3.32. The van der Waals surface area contributed by atoms with Crippen LogP contribution in [0.4, 0.5) is 0 Å². The zero-order valence-electron chi connectivity index (χ0n) is 17.8. The molecule has 0 radical (unpaired) electrons. The Kier molecular flexibility index (Phi) is 6.66. The molecule has 0 saturated carbocycles. The lowest BCUT2D eigenvalue weighted by Crippen LogP contribution is -2.49. The molecule has 1 saturated heterocycles. The van der Waals surface area contributed by atoms with Gasteiger partial charge in [0.2, 0.25) is 10.0 Å². The maximum Gasteiger partial charge on any atom is 0.350 e. The van der Waals surface area contributed by atoms with Gasteiger partial charge in [-0.2, -0.15) is 13.3 Å². The van der Waals surface area contributed by atoms with Gasteiger partial charge in [-0.25, -0.2) is 13.2 Å². The second kappa shape index (κ2) is 9.30. The molecule has 3 aromatic rings. The Morgan fingerprint density at radius 2 is 1.75 bits per heavy atom. The van der Waals surface area contributed by atoms with Gasteiger partial charge in [0.1, 0.15) is 5.56 Å². The van der Waals surface area contributed by atoms with Crippen molar-refractivity contribution >= 4 is 31.6 Å². The van der Waals surface area contributed by atoms with Crippen molar-refractivity contribution in [2.75, 3.05) is 26.2 Å². The van der Waals surface area contributed by atoms with E-state index in [1.807, 2.05) is 24.0 Å². The van der Waals surface area contributed by atoms with Gasteiger partial charge in [-0.1, -0.05) is 28.9 Å². The maximum atomic E-state index is 13.1. The van der Waals surface area contributed by atoms with Crippen molar-refractivity contribution in [2.45, 2.75) is 31.3 Å². The molecule has 8 nitrogen and oxygen atoms in total. The smallest absolute Gasteiger partial charge is 0.350 e. The number of hydrogen-bond donors (Lipinski definition) is 1. The molecule has 1 aromatic carbocycles. The molecule has 0 bridgehead atoms. The van der Waals surface area contributed by atoms with Crippen LogP contribution in [0.1, 0.15) is 18.9 Å². The van der Waals surface area contributed by atoms with Crippen LogP contribution in [0.5, 0.6) is 5.88 Å². The zero-order valence-corrected chi connectivity index (χ0v) is 20.2. The minimum absolute atomic E-state index is 0.0204. The van der Waals surface area contributed by atoms with E-state index >= 15 is 0 Å². The van der Waals surface area contributed by atoms with Crippen molar-refractivity contribution < 1.29 is 18.1 Å². The highest BCUT2D eigenvalue weighted by atomic mass is 79.9. The van der Waals surface area contributed by atoms with Gasteiger partial charge in [0.25, 0.3) is 11.5 Å². The molecule has 2 aromatic heterocycles. The summed E-state index contributed by atoms with van der Waals surface area (Å²) in [5.41, 5.74) is 0.716. The summed E-state index contributed by atoms with van der Waals surface area (Å²) in [5.74, 6) is -0.0204. The van der Waals surface area contributed by atoms with Gasteiger partial charge in [-0.3, -0.25) is 4.90 Å². The predicted octanol–water partition coefficient (Wildman–Crippen LogP) is 1.97. The maximum absolute atomic E-state index is 13.1. The number of hydrogen-bond acceptors (Lipinski definition) is 5. The first-order chi connectivity index (χ1) is 15.3. The number of aromatic nitrogens is 2. The Balaban J connectivity index is 1.55. The SMILES string of the molecule is CCC[n+]1c(O)c(CN2CCN(S(=O)(=O)c3ccc(Br)cc3)CC2)c(=O)n2ccccc21. The average Bonchev–Trinajstić information content (AvgIpc) is 2.80. The summed E-state index contributed by atoms with van der Waals surface area (Å²) in [6.07, 6.45) is 2.52. The quantitative estimate of drug-likeness (QED) is 0.501. The van der Waals surface area contributed by atoms with Crippen molar-refractivity contribution in [1.82, 2.24) is 13.6 Å². The van der Waals surface area contributed by atoms with Gasteiger partial charge in [-0.05, 0) is 36.8 Å². The molecular formula is C22H26BrN4O4S+. The van der Waals surface area contributed by atoms with Crippen LogP contribution in [0.15, 0.2) is 62.8 Å². The molecule has 1 aliphatic rings. The van der Waals surface area contributed by atoms with E-state index in [2.05, 4.69) is 15.9 Å². The van der Waals surface area contributed by atoms with E-state index < -0.39 is 10.0 Å². The third-order valence-electron chi connectivity index (χ3n) is 5.73. The predicted molar refractivity (Wildman–Crippen MR) is 124 cm³/mol. The van der Waals surface area contributed by atoms with Crippen LogP contribution < -0.4 is 10.1 Å². The van der Waals surface area contributed by atoms with Gasteiger partial charge < -0.3 is 5.11 Å². The lowest BCUT2D eigenvalue weighted by Gasteiger charge is -2.33. The summed E-state index contributed by atoms with van der Waals surface area (Å²) < 4.78 is 31.5. The lowest BCUT2D eigenvalue weighted by atomic mass is 10.2. The van der Waals surface area contributed by atoms with Crippen molar-refractivity contribution in [3.8, 4) is 5.88 Å². The van der Waals surface area contributed by atoms with Crippen LogP contribution in [0.2, 0.25) is 0 Å². The van der Waals surface area contributed by atoms with Crippen LogP contribution in [-0.4, -0.2) is 53.3 Å². The summed E-state index contributed by atoms with van der Waals surface area (Å²) in [4.78, 5) is 15.3. The molecular weight excluding hydrogens is 496 g/mol. The number of aromatic hydroxyl groups is 1. The number of fused-ring (bicyclic) bond motifs is 1. The molecule has 1 N–H and O–H groups in total. The Morgan fingerprint density at radius 3 is 2.41 bits per heavy atom. The number of halogens is 1. The molecule has 32 heavy (non-hydrogen) atoms. The minimum atomic E-state index is -3.57.